The molecule has 1 aromatic heterocycles. The van der Waals surface area contributed by atoms with Crippen molar-refractivity contribution in [2.75, 3.05) is 19.6 Å². The molecule has 23 heavy (non-hydrogen) atoms. The molecule has 2 aromatic rings. The van der Waals surface area contributed by atoms with Crippen LogP contribution in [0.1, 0.15) is 18.2 Å². The fraction of sp³-hybridized carbons (Fsp3) is 0.444. The van der Waals surface area contributed by atoms with E-state index in [1.807, 2.05) is 38.1 Å². The van der Waals surface area contributed by atoms with Gasteiger partial charge in [0, 0.05) is 24.4 Å². The molecule has 0 saturated carbocycles. The van der Waals surface area contributed by atoms with Crippen molar-refractivity contribution in [3.63, 3.8) is 0 Å². The Morgan fingerprint density at radius 2 is 2.13 bits per heavy atom. The Balaban J connectivity index is 1.49. The molecule has 2 heterocycles. The number of nitrogens with one attached hydrogen (secondary N) is 2. The van der Waals surface area contributed by atoms with Crippen molar-refractivity contribution in [1.82, 2.24) is 15.6 Å². The first-order chi connectivity index (χ1) is 11.1. The average molecular weight is 313 g/mol. The van der Waals surface area contributed by atoms with Gasteiger partial charge in [-0.25, -0.2) is 4.98 Å². The number of carbonyl (C=O) groups is 1. The van der Waals surface area contributed by atoms with E-state index in [0.717, 1.165) is 24.3 Å². The predicted octanol–water partition coefficient (Wildman–Crippen LogP) is 2.16. The van der Waals surface area contributed by atoms with Crippen LogP contribution in [0.4, 0.5) is 0 Å². The lowest BCUT2D eigenvalue weighted by atomic mass is 9.88. The Kier molecular flexibility index (Phi) is 4.76. The summed E-state index contributed by atoms with van der Waals surface area (Å²) in [5.41, 5.74) is 3.04. The highest BCUT2D eigenvalue weighted by atomic mass is 16.3. The molecule has 0 bridgehead atoms. The van der Waals surface area contributed by atoms with E-state index in [0.29, 0.717) is 24.8 Å². The lowest BCUT2D eigenvalue weighted by molar-refractivity contribution is -0.126. The maximum Gasteiger partial charge on any atom is 0.226 e. The molecule has 1 aliphatic rings. The van der Waals surface area contributed by atoms with Crippen molar-refractivity contribution < 1.29 is 9.21 Å². The number of carbonyl (C=O) groups excluding carboxylic acids is 1. The highest BCUT2D eigenvalue weighted by Gasteiger charge is 2.28. The van der Waals surface area contributed by atoms with Gasteiger partial charge < -0.3 is 15.1 Å². The molecule has 2 N–H and O–H groups in total. The van der Waals surface area contributed by atoms with Gasteiger partial charge in [-0.15, -0.1) is 0 Å². The van der Waals surface area contributed by atoms with Crippen LogP contribution in [-0.2, 0) is 11.2 Å². The lowest BCUT2D eigenvalue weighted by Crippen LogP contribution is -2.49. The number of hydrogen-bond acceptors (Lipinski definition) is 4. The Labute approximate surface area is 136 Å². The van der Waals surface area contributed by atoms with E-state index in [-0.39, 0.29) is 11.8 Å². The summed E-state index contributed by atoms with van der Waals surface area (Å²) >= 11 is 0. The normalized spacial score (nSPS) is 15.9. The van der Waals surface area contributed by atoms with Crippen LogP contribution in [0.15, 0.2) is 34.9 Å². The second-order valence-electron chi connectivity index (χ2n) is 6.26. The zero-order valence-electron chi connectivity index (χ0n) is 13.6. The highest BCUT2D eigenvalue weighted by Crippen LogP contribution is 2.19. The van der Waals surface area contributed by atoms with E-state index in [4.69, 9.17) is 4.42 Å². The number of rotatable bonds is 6. The third-order valence-corrected chi connectivity index (χ3v) is 4.46. The number of hydrogen-bond donors (Lipinski definition) is 2. The topological polar surface area (TPSA) is 67.2 Å². The Hall–Kier alpha value is -2.14. The van der Waals surface area contributed by atoms with E-state index in [1.165, 1.54) is 5.56 Å². The summed E-state index contributed by atoms with van der Waals surface area (Å²) in [4.78, 5) is 16.5. The SMILES string of the molecule is Cc1ccc(-c2nc(CCNC(=O)C(C)C3CNC3)co2)cc1. The maximum absolute atomic E-state index is 12.0. The molecule has 1 unspecified atom stereocenters. The minimum Gasteiger partial charge on any atom is -0.444 e. The molecule has 1 fully saturated rings. The number of aromatic nitrogens is 1. The van der Waals surface area contributed by atoms with Crippen molar-refractivity contribution in [2.24, 2.45) is 11.8 Å². The summed E-state index contributed by atoms with van der Waals surface area (Å²) in [5.74, 6) is 1.28. The fourth-order valence-corrected chi connectivity index (χ4v) is 2.60. The molecule has 1 atom stereocenters. The van der Waals surface area contributed by atoms with Crippen LogP contribution in [-0.4, -0.2) is 30.5 Å². The maximum atomic E-state index is 12.0. The van der Waals surface area contributed by atoms with Gasteiger partial charge in [-0.2, -0.15) is 0 Å². The van der Waals surface area contributed by atoms with Crippen molar-refractivity contribution in [3.8, 4) is 11.5 Å². The lowest BCUT2D eigenvalue weighted by Gasteiger charge is -2.31. The van der Waals surface area contributed by atoms with Gasteiger partial charge in [0.2, 0.25) is 11.8 Å². The van der Waals surface area contributed by atoms with Gasteiger partial charge in [-0.3, -0.25) is 4.79 Å². The minimum absolute atomic E-state index is 0.0664. The summed E-state index contributed by atoms with van der Waals surface area (Å²) in [6.45, 7) is 6.51. The quantitative estimate of drug-likeness (QED) is 0.857. The van der Waals surface area contributed by atoms with E-state index in [9.17, 15) is 4.79 Å². The highest BCUT2D eigenvalue weighted by molar-refractivity contribution is 5.78. The molecule has 1 aromatic carbocycles. The standard InChI is InChI=1S/C18H23N3O2/c1-12-3-5-14(6-4-12)18-21-16(11-23-18)7-8-20-17(22)13(2)15-9-19-10-15/h3-6,11,13,15,19H,7-10H2,1-2H3,(H,20,22). The van der Waals surface area contributed by atoms with Crippen LogP contribution in [0, 0.1) is 18.8 Å². The second kappa shape index (κ2) is 6.96. The minimum atomic E-state index is 0.0664. The molecule has 5 nitrogen and oxygen atoms in total. The summed E-state index contributed by atoms with van der Waals surface area (Å²) < 4.78 is 5.53. The van der Waals surface area contributed by atoms with Gasteiger partial charge in [-0.1, -0.05) is 24.6 Å². The molecule has 1 saturated heterocycles. The first kappa shape index (κ1) is 15.7. The zero-order chi connectivity index (χ0) is 16.2. The zero-order valence-corrected chi connectivity index (χ0v) is 13.6. The molecule has 0 spiro atoms. The van der Waals surface area contributed by atoms with Crippen molar-refractivity contribution in [1.29, 1.82) is 0 Å². The Morgan fingerprint density at radius 1 is 1.39 bits per heavy atom. The summed E-state index contributed by atoms with van der Waals surface area (Å²) in [7, 11) is 0. The van der Waals surface area contributed by atoms with Gasteiger partial charge in [0.1, 0.15) is 6.26 Å². The first-order valence-corrected chi connectivity index (χ1v) is 8.13. The summed E-state index contributed by atoms with van der Waals surface area (Å²) in [6, 6.07) is 8.08. The van der Waals surface area contributed by atoms with Crippen molar-refractivity contribution in [2.45, 2.75) is 20.3 Å². The molecule has 1 aliphatic heterocycles. The van der Waals surface area contributed by atoms with Gasteiger partial charge in [0.05, 0.1) is 5.69 Å². The van der Waals surface area contributed by atoms with Crippen LogP contribution in [0.5, 0.6) is 0 Å². The van der Waals surface area contributed by atoms with Crippen LogP contribution < -0.4 is 10.6 Å². The first-order valence-electron chi connectivity index (χ1n) is 8.13. The smallest absolute Gasteiger partial charge is 0.226 e. The molecule has 5 heteroatoms. The van der Waals surface area contributed by atoms with Gasteiger partial charge >= 0.3 is 0 Å². The number of oxazole rings is 1. The van der Waals surface area contributed by atoms with Crippen LogP contribution in [0.3, 0.4) is 0 Å². The van der Waals surface area contributed by atoms with Crippen LogP contribution in [0.2, 0.25) is 0 Å². The van der Waals surface area contributed by atoms with Gasteiger partial charge in [-0.05, 0) is 38.1 Å². The molecule has 0 aliphatic carbocycles. The predicted molar refractivity (Wildman–Crippen MR) is 88.9 cm³/mol. The molecular weight excluding hydrogens is 290 g/mol. The molecule has 0 radical (unpaired) electrons. The van der Waals surface area contributed by atoms with Crippen molar-refractivity contribution >= 4 is 5.91 Å². The molecule has 122 valence electrons. The number of nitrogens with zero attached hydrogens (tertiary/aromatic N) is 1. The van der Waals surface area contributed by atoms with Crippen LogP contribution >= 0.6 is 0 Å². The monoisotopic (exact) mass is 313 g/mol. The van der Waals surface area contributed by atoms with Gasteiger partial charge in [0.15, 0.2) is 0 Å². The largest absolute Gasteiger partial charge is 0.444 e. The van der Waals surface area contributed by atoms with E-state index in [2.05, 4.69) is 15.6 Å². The second-order valence-corrected chi connectivity index (χ2v) is 6.26. The van der Waals surface area contributed by atoms with Gasteiger partial charge in [0.25, 0.3) is 0 Å². The van der Waals surface area contributed by atoms with Crippen LogP contribution in [0.25, 0.3) is 11.5 Å². The summed E-state index contributed by atoms with van der Waals surface area (Å²) in [6.07, 6.45) is 2.34. The van der Waals surface area contributed by atoms with Crippen molar-refractivity contribution in [3.05, 3.63) is 41.8 Å². The van der Waals surface area contributed by atoms with E-state index in [1.54, 1.807) is 6.26 Å². The average Bonchev–Trinajstić information content (AvgIpc) is 2.95. The number of amides is 1. The third kappa shape index (κ3) is 3.79. The molecule has 3 rings (SSSR count). The fourth-order valence-electron chi connectivity index (χ4n) is 2.60. The Morgan fingerprint density at radius 3 is 2.78 bits per heavy atom. The summed E-state index contributed by atoms with van der Waals surface area (Å²) in [5, 5.41) is 6.19. The third-order valence-electron chi connectivity index (χ3n) is 4.46. The Bertz CT molecular complexity index is 659. The van der Waals surface area contributed by atoms with E-state index < -0.39 is 0 Å². The van der Waals surface area contributed by atoms with E-state index >= 15 is 0 Å². The molecule has 1 amide bonds. The number of benzene rings is 1. The number of aryl methyl sites for hydroxylation is 1. The molecular formula is C18H23N3O2.